The Morgan fingerprint density at radius 2 is 1.79 bits per heavy atom. The number of imide groups is 1. The molecule has 1 heterocycles. The molecule has 1 unspecified atom stereocenters. The Morgan fingerprint density at radius 1 is 1.14 bits per heavy atom. The average Bonchev–Trinajstić information content (AvgIpc) is 2.93. The third kappa shape index (κ3) is 4.38. The van der Waals surface area contributed by atoms with Gasteiger partial charge < -0.3 is 15.0 Å². The Kier molecular flexibility index (Phi) is 5.84. The third-order valence-electron chi connectivity index (χ3n) is 4.91. The molecule has 3 N–H and O–H groups in total. The number of likely N-dealkylation sites (N-methyl/N-ethyl adjacent to an activating group) is 1. The van der Waals surface area contributed by atoms with Crippen LogP contribution in [-0.2, 0) is 21.7 Å². The lowest BCUT2D eigenvalue weighted by atomic mass is 9.92. The van der Waals surface area contributed by atoms with Crippen LogP contribution < -0.4 is 20.4 Å². The fourth-order valence-electron chi connectivity index (χ4n) is 3.30. The molecule has 152 valence electrons. The number of hydrogen-bond acceptors (Lipinski definition) is 4. The van der Waals surface area contributed by atoms with Crippen molar-refractivity contribution in [3.63, 3.8) is 0 Å². The highest BCUT2D eigenvalue weighted by Gasteiger charge is 2.50. The second-order valence-corrected chi connectivity index (χ2v) is 7.26. The number of methoxy groups -OCH3 is 1. The number of hydrazine groups is 1. The molecule has 29 heavy (non-hydrogen) atoms. The van der Waals surface area contributed by atoms with E-state index in [1.54, 1.807) is 38.3 Å². The van der Waals surface area contributed by atoms with Crippen LogP contribution in [0.25, 0.3) is 0 Å². The zero-order chi connectivity index (χ0) is 21.0. The summed E-state index contributed by atoms with van der Waals surface area (Å²) in [6.07, 6.45) is 0. The van der Waals surface area contributed by atoms with Crippen molar-refractivity contribution in [3.05, 3.63) is 65.7 Å². The van der Waals surface area contributed by atoms with Crippen molar-refractivity contribution in [2.45, 2.75) is 19.0 Å². The Labute approximate surface area is 169 Å². The molecule has 2 aromatic carbocycles. The van der Waals surface area contributed by atoms with E-state index in [1.807, 2.05) is 37.4 Å². The van der Waals surface area contributed by atoms with Crippen LogP contribution in [0.2, 0.25) is 0 Å². The van der Waals surface area contributed by atoms with E-state index >= 15 is 0 Å². The summed E-state index contributed by atoms with van der Waals surface area (Å²) >= 11 is 0. The lowest BCUT2D eigenvalue weighted by Crippen LogP contribution is -3.09. The maximum Gasteiger partial charge on any atom is 0.344 e. The molecule has 0 bridgehead atoms. The first-order chi connectivity index (χ1) is 13.8. The van der Waals surface area contributed by atoms with Crippen LogP contribution in [0, 0.1) is 0 Å². The molecular weight excluding hydrogens is 372 g/mol. The summed E-state index contributed by atoms with van der Waals surface area (Å²) in [6.45, 7) is 2.33. The molecule has 3 rings (SSSR count). The third-order valence-corrected chi connectivity index (χ3v) is 4.91. The van der Waals surface area contributed by atoms with Crippen molar-refractivity contribution >= 4 is 17.8 Å². The van der Waals surface area contributed by atoms with Crippen LogP contribution in [0.4, 0.5) is 4.79 Å². The van der Waals surface area contributed by atoms with E-state index in [4.69, 9.17) is 4.74 Å². The molecule has 0 saturated carbocycles. The lowest BCUT2D eigenvalue weighted by molar-refractivity contribution is -0.885. The standard InChI is InChI=1S/C21H24N4O4/c1-21(16-7-5-4-6-8-16)19(27)25(20(28)22-21)23-18(26)14-24(2)13-15-9-11-17(29-3)12-10-15/h4-12H,13-14H2,1-3H3,(H,22,28)(H,23,26)/p+1/t21-/m0/s1. The molecule has 1 aliphatic heterocycles. The number of carbonyl (C=O) groups is 3. The smallest absolute Gasteiger partial charge is 0.344 e. The van der Waals surface area contributed by atoms with Gasteiger partial charge in [-0.2, -0.15) is 5.01 Å². The van der Waals surface area contributed by atoms with E-state index in [0.29, 0.717) is 12.1 Å². The topological polar surface area (TPSA) is 92.2 Å². The number of benzene rings is 2. The summed E-state index contributed by atoms with van der Waals surface area (Å²) in [4.78, 5) is 38.4. The molecule has 2 aromatic rings. The lowest BCUT2D eigenvalue weighted by Gasteiger charge is -2.22. The Balaban J connectivity index is 1.59. The van der Waals surface area contributed by atoms with Crippen molar-refractivity contribution in [1.29, 1.82) is 0 Å². The number of quaternary nitrogens is 1. The van der Waals surface area contributed by atoms with Crippen LogP contribution in [-0.4, -0.2) is 43.6 Å². The van der Waals surface area contributed by atoms with Gasteiger partial charge >= 0.3 is 6.03 Å². The van der Waals surface area contributed by atoms with Gasteiger partial charge in [-0.05, 0) is 36.8 Å². The van der Waals surface area contributed by atoms with Gasteiger partial charge in [0, 0.05) is 5.56 Å². The van der Waals surface area contributed by atoms with E-state index < -0.39 is 23.4 Å². The number of urea groups is 1. The van der Waals surface area contributed by atoms with Gasteiger partial charge in [0.05, 0.1) is 14.2 Å². The second kappa shape index (κ2) is 8.32. The zero-order valence-corrected chi connectivity index (χ0v) is 16.7. The minimum Gasteiger partial charge on any atom is -0.497 e. The maximum atomic E-state index is 12.8. The van der Waals surface area contributed by atoms with Gasteiger partial charge in [-0.15, -0.1) is 0 Å². The van der Waals surface area contributed by atoms with Crippen molar-refractivity contribution < 1.29 is 24.0 Å². The summed E-state index contributed by atoms with van der Waals surface area (Å²) in [7, 11) is 3.47. The first-order valence-electron chi connectivity index (χ1n) is 9.29. The molecule has 1 saturated heterocycles. The van der Waals surface area contributed by atoms with Crippen molar-refractivity contribution in [1.82, 2.24) is 15.8 Å². The number of hydrogen-bond donors (Lipinski definition) is 3. The fraction of sp³-hybridized carbons (Fsp3) is 0.286. The van der Waals surface area contributed by atoms with E-state index in [-0.39, 0.29) is 6.54 Å². The van der Waals surface area contributed by atoms with Gasteiger partial charge in [0.2, 0.25) is 0 Å². The predicted molar refractivity (Wildman–Crippen MR) is 106 cm³/mol. The SMILES string of the molecule is COc1ccc(C[NH+](C)CC(=O)NN2C(=O)N[C@@](C)(c3ccccc3)C2=O)cc1. The molecule has 0 radical (unpaired) electrons. The summed E-state index contributed by atoms with van der Waals surface area (Å²) in [5.74, 6) is -0.171. The number of nitrogens with one attached hydrogen (secondary N) is 3. The van der Waals surface area contributed by atoms with Gasteiger partial charge in [-0.3, -0.25) is 15.0 Å². The molecule has 0 aliphatic carbocycles. The van der Waals surface area contributed by atoms with Crippen molar-refractivity contribution in [2.75, 3.05) is 20.7 Å². The highest BCUT2D eigenvalue weighted by molar-refractivity contribution is 6.08. The molecular formula is C21H25N4O4+. The molecule has 1 fully saturated rings. The quantitative estimate of drug-likeness (QED) is 0.583. The van der Waals surface area contributed by atoms with Gasteiger partial charge in [0.25, 0.3) is 11.8 Å². The molecule has 8 nitrogen and oxygen atoms in total. The van der Waals surface area contributed by atoms with Crippen LogP contribution in [0.1, 0.15) is 18.1 Å². The number of rotatable bonds is 7. The Bertz CT molecular complexity index is 901. The molecule has 4 amide bonds. The van der Waals surface area contributed by atoms with E-state index in [0.717, 1.165) is 21.2 Å². The normalized spacial score (nSPS) is 19.6. The highest BCUT2D eigenvalue weighted by Crippen LogP contribution is 2.27. The fourth-order valence-corrected chi connectivity index (χ4v) is 3.30. The maximum absolute atomic E-state index is 12.8. The number of nitrogens with zero attached hydrogens (tertiary/aromatic N) is 1. The average molecular weight is 397 g/mol. The molecule has 0 aromatic heterocycles. The summed E-state index contributed by atoms with van der Waals surface area (Å²) in [5, 5.41) is 3.42. The largest absolute Gasteiger partial charge is 0.497 e. The van der Waals surface area contributed by atoms with Gasteiger partial charge in [0.15, 0.2) is 6.54 Å². The summed E-state index contributed by atoms with van der Waals surface area (Å²) < 4.78 is 5.14. The summed E-state index contributed by atoms with van der Waals surface area (Å²) in [5.41, 5.74) is 2.91. The van der Waals surface area contributed by atoms with Crippen molar-refractivity contribution in [2.24, 2.45) is 0 Å². The first-order valence-corrected chi connectivity index (χ1v) is 9.29. The first kappa shape index (κ1) is 20.3. The highest BCUT2D eigenvalue weighted by atomic mass is 16.5. The monoisotopic (exact) mass is 397 g/mol. The van der Waals surface area contributed by atoms with Crippen LogP contribution >= 0.6 is 0 Å². The summed E-state index contributed by atoms with van der Waals surface area (Å²) in [6, 6.07) is 15.9. The molecule has 0 spiro atoms. The minimum absolute atomic E-state index is 0.102. The van der Waals surface area contributed by atoms with Crippen molar-refractivity contribution in [3.8, 4) is 5.75 Å². The second-order valence-electron chi connectivity index (χ2n) is 7.26. The number of amides is 4. The minimum atomic E-state index is -1.21. The number of ether oxygens (including phenoxy) is 1. The molecule has 8 heteroatoms. The zero-order valence-electron chi connectivity index (χ0n) is 16.7. The number of carbonyl (C=O) groups excluding carboxylic acids is 3. The van der Waals surface area contributed by atoms with Crippen LogP contribution in [0.5, 0.6) is 5.75 Å². The van der Waals surface area contributed by atoms with Gasteiger partial charge in [0.1, 0.15) is 17.8 Å². The Morgan fingerprint density at radius 3 is 2.41 bits per heavy atom. The van der Waals surface area contributed by atoms with Crippen LogP contribution in [0.15, 0.2) is 54.6 Å². The van der Waals surface area contributed by atoms with E-state index in [1.165, 1.54) is 0 Å². The Hall–Kier alpha value is -3.39. The van der Waals surface area contributed by atoms with Gasteiger partial charge in [-0.25, -0.2) is 4.79 Å². The predicted octanol–water partition coefficient (Wildman–Crippen LogP) is 0.208. The van der Waals surface area contributed by atoms with E-state index in [9.17, 15) is 14.4 Å². The van der Waals surface area contributed by atoms with Gasteiger partial charge in [-0.1, -0.05) is 30.3 Å². The van der Waals surface area contributed by atoms with E-state index in [2.05, 4.69) is 10.7 Å². The molecule has 2 atom stereocenters. The molecule has 1 aliphatic rings. The van der Waals surface area contributed by atoms with Crippen LogP contribution in [0.3, 0.4) is 0 Å².